The van der Waals surface area contributed by atoms with Crippen molar-refractivity contribution in [3.05, 3.63) is 0 Å². The second kappa shape index (κ2) is 2.77. The van der Waals surface area contributed by atoms with Crippen molar-refractivity contribution in [2.24, 2.45) is 5.73 Å². The van der Waals surface area contributed by atoms with Gasteiger partial charge in [-0.25, -0.2) is 0 Å². The van der Waals surface area contributed by atoms with Gasteiger partial charge in [0.05, 0.1) is 5.60 Å². The van der Waals surface area contributed by atoms with Crippen LogP contribution in [0.25, 0.3) is 0 Å². The van der Waals surface area contributed by atoms with Gasteiger partial charge in [0.15, 0.2) is 0 Å². The molecule has 0 unspecified atom stereocenters. The SMILES string of the molecule is NC[C@@]1(O)CN[C@H](C(=O)O)C1. The molecule has 1 saturated heterocycles. The van der Waals surface area contributed by atoms with E-state index in [0.717, 1.165) is 0 Å². The van der Waals surface area contributed by atoms with Crippen LogP contribution in [0.5, 0.6) is 0 Å². The van der Waals surface area contributed by atoms with Crippen molar-refractivity contribution in [2.45, 2.75) is 18.1 Å². The number of hydrogen-bond acceptors (Lipinski definition) is 4. The van der Waals surface area contributed by atoms with Gasteiger partial charge in [-0.05, 0) is 0 Å². The molecular weight excluding hydrogens is 148 g/mol. The van der Waals surface area contributed by atoms with E-state index in [1.165, 1.54) is 0 Å². The van der Waals surface area contributed by atoms with Gasteiger partial charge < -0.3 is 21.3 Å². The van der Waals surface area contributed by atoms with E-state index in [2.05, 4.69) is 5.32 Å². The van der Waals surface area contributed by atoms with Gasteiger partial charge in [0.2, 0.25) is 0 Å². The fraction of sp³-hybridized carbons (Fsp3) is 0.833. The number of aliphatic hydroxyl groups is 1. The van der Waals surface area contributed by atoms with Crippen LogP contribution in [0.1, 0.15) is 6.42 Å². The number of aliphatic carboxylic acids is 1. The van der Waals surface area contributed by atoms with Crippen LogP contribution in [0.3, 0.4) is 0 Å². The summed E-state index contributed by atoms with van der Waals surface area (Å²) in [5.74, 6) is -0.936. The monoisotopic (exact) mass is 160 g/mol. The fourth-order valence-electron chi connectivity index (χ4n) is 1.17. The first kappa shape index (κ1) is 8.45. The van der Waals surface area contributed by atoms with Gasteiger partial charge in [0.25, 0.3) is 0 Å². The highest BCUT2D eigenvalue weighted by atomic mass is 16.4. The van der Waals surface area contributed by atoms with Crippen molar-refractivity contribution in [1.82, 2.24) is 5.32 Å². The van der Waals surface area contributed by atoms with Crippen molar-refractivity contribution >= 4 is 5.97 Å². The number of β-amino-alcohol motifs (C(OH)–C–C–N with tert-alkyl or cyclic N) is 1. The third kappa shape index (κ3) is 1.68. The molecule has 0 aromatic heterocycles. The van der Waals surface area contributed by atoms with Crippen molar-refractivity contribution in [2.75, 3.05) is 13.1 Å². The molecule has 0 aliphatic carbocycles. The van der Waals surface area contributed by atoms with E-state index >= 15 is 0 Å². The number of hydrogen-bond donors (Lipinski definition) is 4. The zero-order valence-electron chi connectivity index (χ0n) is 6.08. The molecule has 5 heteroatoms. The second-order valence-corrected chi connectivity index (χ2v) is 2.90. The van der Waals surface area contributed by atoms with Gasteiger partial charge in [-0.2, -0.15) is 0 Å². The van der Waals surface area contributed by atoms with Gasteiger partial charge in [0, 0.05) is 19.5 Å². The molecule has 1 heterocycles. The lowest BCUT2D eigenvalue weighted by atomic mass is 10.0. The third-order valence-electron chi connectivity index (χ3n) is 1.94. The molecule has 0 radical (unpaired) electrons. The van der Waals surface area contributed by atoms with Crippen LogP contribution in [0.4, 0.5) is 0 Å². The third-order valence-corrected chi connectivity index (χ3v) is 1.94. The highest BCUT2D eigenvalue weighted by Gasteiger charge is 2.38. The fourth-order valence-corrected chi connectivity index (χ4v) is 1.17. The van der Waals surface area contributed by atoms with E-state index in [1.807, 2.05) is 0 Å². The Labute approximate surface area is 64.2 Å². The summed E-state index contributed by atoms with van der Waals surface area (Å²) in [6.07, 6.45) is 0.193. The maximum atomic E-state index is 10.4. The number of rotatable bonds is 2. The van der Waals surface area contributed by atoms with Gasteiger partial charge >= 0.3 is 5.97 Å². The summed E-state index contributed by atoms with van der Waals surface area (Å²) in [6.45, 7) is 0.365. The Hall–Kier alpha value is -0.650. The van der Waals surface area contributed by atoms with Crippen molar-refractivity contribution in [3.8, 4) is 0 Å². The molecule has 2 atom stereocenters. The lowest BCUT2D eigenvalue weighted by Crippen LogP contribution is -2.39. The molecule has 1 rings (SSSR count). The molecule has 0 saturated carbocycles. The topological polar surface area (TPSA) is 95.6 Å². The van der Waals surface area contributed by atoms with Crippen molar-refractivity contribution < 1.29 is 15.0 Å². The average molecular weight is 160 g/mol. The summed E-state index contributed by atoms with van der Waals surface area (Å²) in [5, 5.41) is 20.7. The minimum atomic E-state index is -1.02. The summed E-state index contributed by atoms with van der Waals surface area (Å²) in [6, 6.07) is -0.649. The summed E-state index contributed by atoms with van der Waals surface area (Å²) in [7, 11) is 0. The van der Waals surface area contributed by atoms with Crippen LogP contribution >= 0.6 is 0 Å². The standard InChI is InChI=1S/C6H12N2O3/c7-2-6(11)1-4(5(9)10)8-3-6/h4,8,11H,1-3,7H2,(H,9,10)/t4-,6+/m0/s1. The first-order valence-electron chi connectivity index (χ1n) is 3.46. The zero-order valence-corrected chi connectivity index (χ0v) is 6.08. The smallest absolute Gasteiger partial charge is 0.320 e. The van der Waals surface area contributed by atoms with Crippen LogP contribution in [-0.2, 0) is 4.79 Å². The molecule has 64 valence electrons. The largest absolute Gasteiger partial charge is 0.480 e. The van der Waals surface area contributed by atoms with E-state index in [9.17, 15) is 9.90 Å². The second-order valence-electron chi connectivity index (χ2n) is 2.90. The van der Waals surface area contributed by atoms with E-state index in [4.69, 9.17) is 10.8 Å². The Kier molecular flexibility index (Phi) is 2.12. The van der Waals surface area contributed by atoms with Gasteiger partial charge in [-0.1, -0.05) is 0 Å². The number of nitrogens with one attached hydrogen (secondary N) is 1. The van der Waals surface area contributed by atoms with Crippen LogP contribution in [0.2, 0.25) is 0 Å². The lowest BCUT2D eigenvalue weighted by Gasteiger charge is -2.17. The molecule has 0 aromatic rings. The quantitative estimate of drug-likeness (QED) is 0.379. The first-order chi connectivity index (χ1) is 5.07. The Bertz CT molecular complexity index is 173. The Morgan fingerprint density at radius 2 is 2.45 bits per heavy atom. The number of carbonyl (C=O) groups is 1. The molecule has 0 spiro atoms. The van der Waals surface area contributed by atoms with E-state index in [1.54, 1.807) is 0 Å². The van der Waals surface area contributed by atoms with Crippen LogP contribution in [0, 0.1) is 0 Å². The van der Waals surface area contributed by atoms with Crippen molar-refractivity contribution in [1.29, 1.82) is 0 Å². The Morgan fingerprint density at radius 1 is 1.82 bits per heavy atom. The predicted octanol–water partition coefficient (Wildman–Crippen LogP) is -1.88. The van der Waals surface area contributed by atoms with Crippen LogP contribution < -0.4 is 11.1 Å². The van der Waals surface area contributed by atoms with Gasteiger partial charge in [0.1, 0.15) is 6.04 Å². The highest BCUT2D eigenvalue weighted by Crippen LogP contribution is 2.17. The molecule has 1 aliphatic heterocycles. The molecule has 5 nitrogen and oxygen atoms in total. The van der Waals surface area contributed by atoms with E-state index < -0.39 is 17.6 Å². The predicted molar refractivity (Wildman–Crippen MR) is 38.0 cm³/mol. The molecule has 5 N–H and O–H groups in total. The molecule has 1 fully saturated rings. The molecule has 11 heavy (non-hydrogen) atoms. The number of carboxylic acids is 1. The van der Waals surface area contributed by atoms with Crippen LogP contribution in [0.15, 0.2) is 0 Å². The first-order valence-corrected chi connectivity index (χ1v) is 3.46. The maximum absolute atomic E-state index is 10.4. The average Bonchev–Trinajstić information content (AvgIpc) is 2.33. The molecular formula is C6H12N2O3. The lowest BCUT2D eigenvalue weighted by molar-refractivity contribution is -0.139. The van der Waals surface area contributed by atoms with Gasteiger partial charge in [-0.3, -0.25) is 4.79 Å². The van der Waals surface area contributed by atoms with E-state index in [0.29, 0.717) is 0 Å². The normalized spacial score (nSPS) is 37.5. The zero-order chi connectivity index (χ0) is 8.48. The Balaban J connectivity index is 2.53. The number of carboxylic acid groups (broad SMARTS) is 1. The van der Waals surface area contributed by atoms with Crippen LogP contribution in [-0.4, -0.2) is 40.9 Å². The summed E-state index contributed by atoms with van der Waals surface area (Å²) in [4.78, 5) is 10.4. The molecule has 0 bridgehead atoms. The summed E-state index contributed by atoms with van der Waals surface area (Å²) < 4.78 is 0. The summed E-state index contributed by atoms with van der Waals surface area (Å²) in [5.41, 5.74) is 4.22. The molecule has 0 amide bonds. The molecule has 0 aromatic carbocycles. The minimum absolute atomic E-state index is 0.101. The Morgan fingerprint density at radius 3 is 2.73 bits per heavy atom. The maximum Gasteiger partial charge on any atom is 0.320 e. The van der Waals surface area contributed by atoms with Crippen molar-refractivity contribution in [3.63, 3.8) is 0 Å². The highest BCUT2D eigenvalue weighted by molar-refractivity contribution is 5.74. The number of nitrogens with two attached hydrogens (primary N) is 1. The molecule has 1 aliphatic rings. The minimum Gasteiger partial charge on any atom is -0.480 e. The summed E-state index contributed by atoms with van der Waals surface area (Å²) >= 11 is 0. The van der Waals surface area contributed by atoms with E-state index in [-0.39, 0.29) is 19.5 Å². The van der Waals surface area contributed by atoms with Gasteiger partial charge in [-0.15, -0.1) is 0 Å².